The summed E-state index contributed by atoms with van der Waals surface area (Å²) in [6, 6.07) is 0. The maximum Gasteiger partial charge on any atom is 0.478 e. The fourth-order valence-corrected chi connectivity index (χ4v) is 2.25. The Hall–Kier alpha value is -0.0100. The number of hydrogen-bond acceptors (Lipinski definition) is 7. The maximum absolute atomic E-state index is 12.4. The van der Waals surface area contributed by atoms with Crippen molar-refractivity contribution >= 4 is 7.82 Å². The predicted molar refractivity (Wildman–Crippen MR) is 71.1 cm³/mol. The molecule has 0 aromatic carbocycles. The summed E-state index contributed by atoms with van der Waals surface area (Å²) in [4.78, 5) is 5.27. The molecular weight excluding hydrogens is 257 g/mol. The minimum Gasteiger partial charge on any atom is -0.287 e. The zero-order valence-electron chi connectivity index (χ0n) is 12.4. The van der Waals surface area contributed by atoms with Gasteiger partial charge in [0.2, 0.25) is 0 Å². The van der Waals surface area contributed by atoms with Gasteiger partial charge in [-0.05, 0) is 49.2 Å². The van der Waals surface area contributed by atoms with Crippen LogP contribution in [0.5, 0.6) is 0 Å². The molecule has 8 heteroatoms. The van der Waals surface area contributed by atoms with Crippen molar-refractivity contribution in [3.8, 4) is 0 Å². The predicted octanol–water partition coefficient (Wildman–Crippen LogP) is 1.09. The molecule has 110 valence electrons. The first kappa shape index (κ1) is 18.0. The number of phosphoric ester groups is 1. The van der Waals surface area contributed by atoms with Gasteiger partial charge in [0.15, 0.2) is 0 Å². The lowest BCUT2D eigenvalue weighted by Crippen LogP contribution is -2.28. The van der Waals surface area contributed by atoms with Crippen molar-refractivity contribution in [2.24, 2.45) is 0 Å². The minimum absolute atomic E-state index is 0.171. The van der Waals surface area contributed by atoms with E-state index in [0.29, 0.717) is 0 Å². The van der Waals surface area contributed by atoms with Crippen LogP contribution >= 0.6 is 7.82 Å². The van der Waals surface area contributed by atoms with Crippen molar-refractivity contribution < 1.29 is 18.1 Å². The Labute approximate surface area is 110 Å². The van der Waals surface area contributed by atoms with Crippen molar-refractivity contribution in [3.05, 3.63) is 0 Å². The molecule has 0 rings (SSSR count). The molecule has 0 radical (unpaired) electrons. The molecule has 0 aromatic heterocycles. The molecule has 0 spiro atoms. The van der Waals surface area contributed by atoms with Crippen LogP contribution in [0.4, 0.5) is 0 Å². The minimum atomic E-state index is -3.56. The summed E-state index contributed by atoms with van der Waals surface area (Å²) in [7, 11) is 7.34. The van der Waals surface area contributed by atoms with Gasteiger partial charge in [-0.25, -0.2) is 4.57 Å². The average Bonchev–Trinajstić information content (AvgIpc) is 2.24. The summed E-state index contributed by atoms with van der Waals surface area (Å²) in [5.41, 5.74) is 0. The van der Waals surface area contributed by atoms with Crippen LogP contribution in [0, 0.1) is 0 Å². The smallest absolute Gasteiger partial charge is 0.287 e. The summed E-state index contributed by atoms with van der Waals surface area (Å²) in [6.07, 6.45) is -0.361. The van der Waals surface area contributed by atoms with E-state index in [4.69, 9.17) is 13.6 Å². The second kappa shape index (κ2) is 8.22. The van der Waals surface area contributed by atoms with Gasteiger partial charge in [0.05, 0.1) is 0 Å². The lowest BCUT2D eigenvalue weighted by Gasteiger charge is -2.27. The van der Waals surface area contributed by atoms with Crippen molar-refractivity contribution in [1.82, 2.24) is 14.7 Å². The van der Waals surface area contributed by atoms with Gasteiger partial charge in [0.25, 0.3) is 0 Å². The Morgan fingerprint density at radius 2 is 1.33 bits per heavy atom. The van der Waals surface area contributed by atoms with Gasteiger partial charge < -0.3 is 0 Å². The second-order valence-corrected chi connectivity index (χ2v) is 6.41. The average molecular weight is 283 g/mol. The monoisotopic (exact) mass is 283 g/mol. The first-order valence-electron chi connectivity index (χ1n) is 5.69. The molecule has 0 aliphatic carbocycles. The standard InChI is InChI=1S/C10H26N3O4P/c1-10(13(6)7)17-18(14,15-8-11(2)3)16-9-12(4)5/h10H,8-9H2,1-7H3. The molecule has 1 atom stereocenters. The van der Waals surface area contributed by atoms with Crippen LogP contribution < -0.4 is 0 Å². The molecule has 0 aliphatic heterocycles. The van der Waals surface area contributed by atoms with Crippen LogP contribution in [0.15, 0.2) is 0 Å². The summed E-state index contributed by atoms with van der Waals surface area (Å²) < 4.78 is 28.3. The van der Waals surface area contributed by atoms with E-state index in [1.54, 1.807) is 21.6 Å². The van der Waals surface area contributed by atoms with E-state index in [1.807, 2.05) is 42.3 Å². The van der Waals surface area contributed by atoms with Crippen LogP contribution in [-0.4, -0.2) is 76.7 Å². The second-order valence-electron chi connectivity index (χ2n) is 4.79. The zero-order valence-corrected chi connectivity index (χ0v) is 13.3. The van der Waals surface area contributed by atoms with Gasteiger partial charge in [0.1, 0.15) is 19.7 Å². The Balaban J connectivity index is 4.53. The van der Waals surface area contributed by atoms with Crippen LogP contribution in [0.3, 0.4) is 0 Å². The van der Waals surface area contributed by atoms with E-state index in [2.05, 4.69) is 0 Å². The van der Waals surface area contributed by atoms with Crippen molar-refractivity contribution in [2.75, 3.05) is 55.7 Å². The van der Waals surface area contributed by atoms with Gasteiger partial charge in [0, 0.05) is 0 Å². The van der Waals surface area contributed by atoms with Crippen LogP contribution in [0.1, 0.15) is 6.92 Å². The van der Waals surface area contributed by atoms with E-state index < -0.39 is 7.82 Å². The molecule has 0 amide bonds. The highest BCUT2D eigenvalue weighted by atomic mass is 31.2. The fourth-order valence-electron chi connectivity index (χ4n) is 0.752. The van der Waals surface area contributed by atoms with Crippen LogP contribution in [0.2, 0.25) is 0 Å². The molecule has 0 bridgehead atoms. The lowest BCUT2D eigenvalue weighted by atomic mass is 10.6. The number of phosphoric acid groups is 1. The maximum atomic E-state index is 12.4. The third-order valence-corrected chi connectivity index (χ3v) is 3.38. The normalized spacial score (nSPS) is 14.8. The molecule has 0 fully saturated rings. The molecule has 18 heavy (non-hydrogen) atoms. The van der Waals surface area contributed by atoms with E-state index in [0.717, 1.165) is 0 Å². The highest BCUT2D eigenvalue weighted by molar-refractivity contribution is 7.48. The molecule has 0 saturated heterocycles. The van der Waals surface area contributed by atoms with Crippen LogP contribution in [-0.2, 0) is 18.1 Å². The van der Waals surface area contributed by atoms with E-state index in [-0.39, 0.29) is 19.7 Å². The molecule has 1 unspecified atom stereocenters. The topological polar surface area (TPSA) is 54.5 Å². The molecule has 0 aliphatic rings. The SMILES string of the molecule is CC(OP(=O)(OCN(C)C)OCN(C)C)N(C)C. The highest BCUT2D eigenvalue weighted by Crippen LogP contribution is 2.50. The summed E-state index contributed by atoms with van der Waals surface area (Å²) >= 11 is 0. The summed E-state index contributed by atoms with van der Waals surface area (Å²) in [5, 5.41) is 0. The third kappa shape index (κ3) is 8.16. The fraction of sp³-hybridized carbons (Fsp3) is 1.00. The Kier molecular flexibility index (Phi) is 8.21. The van der Waals surface area contributed by atoms with Gasteiger partial charge in [-0.1, -0.05) is 0 Å². The summed E-state index contributed by atoms with van der Waals surface area (Å²) in [5.74, 6) is 0. The third-order valence-electron chi connectivity index (χ3n) is 1.96. The first-order valence-corrected chi connectivity index (χ1v) is 7.16. The quantitative estimate of drug-likeness (QED) is 0.464. The van der Waals surface area contributed by atoms with Crippen molar-refractivity contribution in [1.29, 1.82) is 0 Å². The molecule has 0 heterocycles. The lowest BCUT2D eigenvalue weighted by molar-refractivity contribution is -0.000693. The van der Waals surface area contributed by atoms with Crippen molar-refractivity contribution in [3.63, 3.8) is 0 Å². The Morgan fingerprint density at radius 3 is 1.61 bits per heavy atom. The summed E-state index contributed by atoms with van der Waals surface area (Å²) in [6.45, 7) is 2.13. The molecule has 7 nitrogen and oxygen atoms in total. The molecule has 0 saturated carbocycles. The Bertz CT molecular complexity index is 258. The van der Waals surface area contributed by atoms with Crippen LogP contribution in [0.25, 0.3) is 0 Å². The number of hydrogen-bond donors (Lipinski definition) is 0. The molecular formula is C10H26N3O4P. The van der Waals surface area contributed by atoms with Gasteiger partial charge in [-0.3, -0.25) is 28.3 Å². The van der Waals surface area contributed by atoms with Crippen molar-refractivity contribution in [2.45, 2.75) is 13.2 Å². The zero-order chi connectivity index (χ0) is 14.3. The first-order chi connectivity index (χ1) is 8.16. The van der Waals surface area contributed by atoms with E-state index >= 15 is 0 Å². The van der Waals surface area contributed by atoms with E-state index in [1.165, 1.54) is 0 Å². The van der Waals surface area contributed by atoms with Gasteiger partial charge in [-0.2, -0.15) is 0 Å². The molecule has 0 aromatic rings. The Morgan fingerprint density at radius 1 is 0.944 bits per heavy atom. The van der Waals surface area contributed by atoms with Gasteiger partial charge >= 0.3 is 7.82 Å². The van der Waals surface area contributed by atoms with Gasteiger partial charge in [-0.15, -0.1) is 0 Å². The number of nitrogens with zero attached hydrogens (tertiary/aromatic N) is 3. The number of rotatable bonds is 9. The molecule has 0 N–H and O–H groups in total. The van der Waals surface area contributed by atoms with E-state index in [9.17, 15) is 4.57 Å². The highest BCUT2D eigenvalue weighted by Gasteiger charge is 2.30. The largest absolute Gasteiger partial charge is 0.478 e.